The van der Waals surface area contributed by atoms with Gasteiger partial charge in [0.05, 0.1) is 42.6 Å². The highest BCUT2D eigenvalue weighted by molar-refractivity contribution is 6.47. The van der Waals surface area contributed by atoms with E-state index in [4.69, 9.17) is 21.1 Å². The third-order valence-electron chi connectivity index (χ3n) is 5.54. The number of likely N-dealkylation sites (tertiary alicyclic amines) is 1. The molecule has 1 amide bonds. The Morgan fingerprint density at radius 3 is 2.59 bits per heavy atom. The first-order valence-corrected chi connectivity index (χ1v) is 11.1. The van der Waals surface area contributed by atoms with E-state index in [2.05, 4.69) is 4.98 Å². The second kappa shape index (κ2) is 9.97. The van der Waals surface area contributed by atoms with Crippen molar-refractivity contribution in [1.29, 1.82) is 0 Å². The summed E-state index contributed by atoms with van der Waals surface area (Å²) >= 11 is 6.38. The van der Waals surface area contributed by atoms with Crippen LogP contribution in [0, 0.1) is 0 Å². The fourth-order valence-corrected chi connectivity index (χ4v) is 4.22. The molecule has 0 aliphatic carbocycles. The Kier molecular flexibility index (Phi) is 6.84. The van der Waals surface area contributed by atoms with Gasteiger partial charge in [0.2, 0.25) is 0 Å². The minimum Gasteiger partial charge on any atom is -0.507 e. The molecular formula is C26H23ClN2O5. The Labute approximate surface area is 202 Å². The van der Waals surface area contributed by atoms with Crippen LogP contribution in [-0.4, -0.2) is 40.4 Å². The smallest absolute Gasteiger partial charge is 0.296 e. The summed E-state index contributed by atoms with van der Waals surface area (Å²) in [5.41, 5.74) is 1.27. The Bertz CT molecular complexity index is 1260. The van der Waals surface area contributed by atoms with Crippen LogP contribution in [0.25, 0.3) is 5.76 Å². The van der Waals surface area contributed by atoms with Crippen molar-refractivity contribution in [3.63, 3.8) is 0 Å². The second-order valence-electron chi connectivity index (χ2n) is 7.56. The van der Waals surface area contributed by atoms with E-state index >= 15 is 0 Å². The minimum absolute atomic E-state index is 0.0671. The van der Waals surface area contributed by atoms with E-state index in [9.17, 15) is 14.7 Å². The van der Waals surface area contributed by atoms with E-state index in [0.717, 1.165) is 0 Å². The van der Waals surface area contributed by atoms with E-state index in [1.54, 1.807) is 66.9 Å². The molecule has 8 heteroatoms. The second-order valence-corrected chi connectivity index (χ2v) is 7.97. The molecule has 174 valence electrons. The Morgan fingerprint density at radius 2 is 1.88 bits per heavy atom. The zero-order chi connectivity index (χ0) is 24.2. The molecule has 2 aromatic carbocycles. The van der Waals surface area contributed by atoms with Gasteiger partial charge in [0.25, 0.3) is 11.7 Å². The Hall–Kier alpha value is -3.84. The number of aliphatic hydroxyl groups is 1. The van der Waals surface area contributed by atoms with Gasteiger partial charge in [-0.1, -0.05) is 35.9 Å². The molecule has 1 aliphatic heterocycles. The van der Waals surface area contributed by atoms with Crippen molar-refractivity contribution in [2.45, 2.75) is 19.5 Å². The third kappa shape index (κ3) is 4.34. The maximum atomic E-state index is 13.3. The average Bonchev–Trinajstić information content (AvgIpc) is 3.10. The minimum atomic E-state index is -0.912. The van der Waals surface area contributed by atoms with Crippen LogP contribution >= 0.6 is 11.6 Å². The van der Waals surface area contributed by atoms with Gasteiger partial charge in [-0.15, -0.1) is 0 Å². The van der Waals surface area contributed by atoms with Crippen LogP contribution in [0.1, 0.15) is 29.8 Å². The van der Waals surface area contributed by atoms with Gasteiger partial charge in [-0.05, 0) is 43.3 Å². The molecular weight excluding hydrogens is 456 g/mol. The van der Waals surface area contributed by atoms with Gasteiger partial charge in [-0.3, -0.25) is 14.6 Å². The maximum Gasteiger partial charge on any atom is 0.296 e. The quantitative estimate of drug-likeness (QED) is 0.299. The van der Waals surface area contributed by atoms with Crippen LogP contribution in [0.4, 0.5) is 0 Å². The van der Waals surface area contributed by atoms with Crippen LogP contribution in [-0.2, 0) is 16.1 Å². The zero-order valence-electron chi connectivity index (χ0n) is 18.7. The Morgan fingerprint density at radius 1 is 1.12 bits per heavy atom. The molecule has 1 unspecified atom stereocenters. The summed E-state index contributed by atoms with van der Waals surface area (Å²) in [6.45, 7) is 2.31. The molecule has 1 fully saturated rings. The van der Waals surface area contributed by atoms with E-state index in [1.807, 2.05) is 6.92 Å². The lowest BCUT2D eigenvalue weighted by Crippen LogP contribution is -2.29. The van der Waals surface area contributed by atoms with Crippen molar-refractivity contribution in [2.24, 2.45) is 0 Å². The summed E-state index contributed by atoms with van der Waals surface area (Å²) in [5.74, 6) is -1.00. The van der Waals surface area contributed by atoms with Crippen molar-refractivity contribution in [3.05, 3.63) is 94.3 Å². The lowest BCUT2D eigenvalue weighted by molar-refractivity contribution is -0.140. The number of aromatic nitrogens is 1. The molecule has 1 aliphatic rings. The number of hydrogen-bond donors (Lipinski definition) is 1. The lowest BCUT2D eigenvalue weighted by atomic mass is 9.94. The SMILES string of the molecule is CCOc1ccc(Cl)c(/C(O)=C2\C(=O)C(=O)N(Cc3ccccn3)C2c2ccccc2OC)c1. The number of Topliss-reactive ketones (excluding diaryl/α,β-unsaturated/α-hetero) is 1. The number of pyridine rings is 1. The molecule has 1 N–H and O–H groups in total. The number of carbonyl (C=O) groups is 2. The van der Waals surface area contributed by atoms with Crippen LogP contribution < -0.4 is 9.47 Å². The largest absolute Gasteiger partial charge is 0.507 e. The average molecular weight is 479 g/mol. The number of nitrogens with zero attached hydrogens (tertiary/aromatic N) is 2. The van der Waals surface area contributed by atoms with Crippen LogP contribution in [0.15, 0.2) is 72.4 Å². The maximum absolute atomic E-state index is 13.3. The first-order chi connectivity index (χ1) is 16.5. The van der Waals surface area contributed by atoms with Crippen LogP contribution in [0.2, 0.25) is 5.02 Å². The van der Waals surface area contributed by atoms with E-state index in [1.165, 1.54) is 12.0 Å². The van der Waals surface area contributed by atoms with Gasteiger partial charge in [0, 0.05) is 17.3 Å². The number of carbonyl (C=O) groups excluding carboxylic acids is 2. The monoisotopic (exact) mass is 478 g/mol. The van der Waals surface area contributed by atoms with E-state index in [-0.39, 0.29) is 28.5 Å². The first kappa shape index (κ1) is 23.3. The van der Waals surface area contributed by atoms with Gasteiger partial charge in [0.15, 0.2) is 0 Å². The van der Waals surface area contributed by atoms with Gasteiger partial charge >= 0.3 is 0 Å². The van der Waals surface area contributed by atoms with Crippen molar-refractivity contribution >= 4 is 29.1 Å². The van der Waals surface area contributed by atoms with Crippen molar-refractivity contribution in [2.75, 3.05) is 13.7 Å². The first-order valence-electron chi connectivity index (χ1n) is 10.7. The molecule has 1 aromatic heterocycles. The number of amides is 1. The highest BCUT2D eigenvalue weighted by atomic mass is 35.5. The van der Waals surface area contributed by atoms with Crippen molar-refractivity contribution in [3.8, 4) is 11.5 Å². The summed E-state index contributed by atoms with van der Waals surface area (Å²) in [4.78, 5) is 32.2. The molecule has 0 radical (unpaired) electrons. The number of ether oxygens (including phenoxy) is 2. The fourth-order valence-electron chi connectivity index (χ4n) is 4.01. The van der Waals surface area contributed by atoms with Crippen molar-refractivity contribution < 1.29 is 24.2 Å². The van der Waals surface area contributed by atoms with E-state index < -0.39 is 17.7 Å². The van der Waals surface area contributed by atoms with Crippen LogP contribution in [0.3, 0.4) is 0 Å². The van der Waals surface area contributed by atoms with Gasteiger partial charge < -0.3 is 19.5 Å². The standard InChI is InChI=1S/C26H23ClN2O5/c1-3-34-17-11-12-20(27)19(14-17)24(30)22-23(18-9-4-5-10-21(18)33-2)29(26(32)25(22)31)15-16-8-6-7-13-28-16/h4-14,23,30H,3,15H2,1-2H3/b24-22+. The van der Waals surface area contributed by atoms with Gasteiger partial charge in [-0.25, -0.2) is 0 Å². The van der Waals surface area contributed by atoms with E-state index in [0.29, 0.717) is 29.4 Å². The number of halogens is 1. The number of aliphatic hydroxyl groups excluding tert-OH is 1. The topological polar surface area (TPSA) is 89.0 Å². The summed E-state index contributed by atoms with van der Waals surface area (Å²) < 4.78 is 11.0. The predicted molar refractivity (Wildman–Crippen MR) is 128 cm³/mol. The molecule has 0 bridgehead atoms. The number of methoxy groups -OCH3 is 1. The Balaban J connectivity index is 1.92. The summed E-state index contributed by atoms with van der Waals surface area (Å²) in [5, 5.41) is 11.6. The molecule has 34 heavy (non-hydrogen) atoms. The number of hydrogen-bond acceptors (Lipinski definition) is 6. The highest BCUT2D eigenvalue weighted by Gasteiger charge is 2.47. The third-order valence-corrected chi connectivity index (χ3v) is 5.87. The summed E-state index contributed by atoms with van der Waals surface area (Å²) in [7, 11) is 1.51. The number of ketones is 1. The molecule has 1 saturated heterocycles. The predicted octanol–water partition coefficient (Wildman–Crippen LogP) is 4.76. The fraction of sp³-hybridized carbons (Fsp3) is 0.192. The van der Waals surface area contributed by atoms with Gasteiger partial charge in [0.1, 0.15) is 17.3 Å². The number of para-hydroxylation sites is 1. The number of benzene rings is 2. The molecule has 4 rings (SSSR count). The van der Waals surface area contributed by atoms with Gasteiger partial charge in [-0.2, -0.15) is 0 Å². The summed E-state index contributed by atoms with van der Waals surface area (Å²) in [6.07, 6.45) is 1.61. The zero-order valence-corrected chi connectivity index (χ0v) is 19.5. The number of rotatable bonds is 7. The normalized spacial score (nSPS) is 17.1. The molecule has 0 spiro atoms. The molecule has 1 atom stereocenters. The molecule has 2 heterocycles. The molecule has 0 saturated carbocycles. The van der Waals surface area contributed by atoms with Crippen molar-refractivity contribution in [1.82, 2.24) is 9.88 Å². The molecule has 3 aromatic rings. The highest BCUT2D eigenvalue weighted by Crippen LogP contribution is 2.44. The van der Waals surface area contributed by atoms with Crippen LogP contribution in [0.5, 0.6) is 11.5 Å². The summed E-state index contributed by atoms with van der Waals surface area (Å²) in [6, 6.07) is 16.3. The molecule has 7 nitrogen and oxygen atoms in total. The lowest BCUT2D eigenvalue weighted by Gasteiger charge is -2.26.